The van der Waals surface area contributed by atoms with Gasteiger partial charge in [0.05, 0.1) is 0 Å². The van der Waals surface area contributed by atoms with E-state index in [9.17, 15) is 0 Å². The molecule has 0 bridgehead atoms. The van der Waals surface area contributed by atoms with Crippen LogP contribution in [0, 0.1) is 5.92 Å². The van der Waals surface area contributed by atoms with Crippen LogP contribution in [-0.4, -0.2) is 23.5 Å². The van der Waals surface area contributed by atoms with Gasteiger partial charge in [-0.05, 0) is 43.2 Å². The number of hydrogen-bond donors (Lipinski definition) is 1. The summed E-state index contributed by atoms with van der Waals surface area (Å²) in [6.45, 7) is 7.56. The summed E-state index contributed by atoms with van der Waals surface area (Å²) in [4.78, 5) is 4.08. The number of thiophene rings is 1. The highest BCUT2D eigenvalue weighted by Crippen LogP contribution is 2.40. The number of nitrogens with zero attached hydrogens (tertiary/aromatic N) is 1. The summed E-state index contributed by atoms with van der Waals surface area (Å²) in [5.41, 5.74) is 6.42. The van der Waals surface area contributed by atoms with Crippen molar-refractivity contribution in [3.63, 3.8) is 0 Å². The number of likely N-dealkylation sites (N-methyl/N-ethyl adjacent to an activating group) is 1. The van der Waals surface area contributed by atoms with Gasteiger partial charge >= 0.3 is 0 Å². The molecule has 1 aromatic heterocycles. The SMILES string of the molecule is CCC1CCC(CN)(N(CC)Cc2cccs2)C1. The Morgan fingerprint density at radius 1 is 1.50 bits per heavy atom. The first-order valence-electron chi connectivity index (χ1n) is 7.21. The van der Waals surface area contributed by atoms with E-state index in [0.29, 0.717) is 0 Å². The molecule has 1 saturated carbocycles. The minimum atomic E-state index is 0.263. The minimum Gasteiger partial charge on any atom is -0.329 e. The quantitative estimate of drug-likeness (QED) is 0.854. The molecule has 3 heteroatoms. The third-order valence-corrected chi connectivity index (χ3v) is 5.48. The molecule has 0 radical (unpaired) electrons. The lowest BCUT2D eigenvalue weighted by atomic mass is 9.92. The number of nitrogens with two attached hydrogens (primary N) is 1. The van der Waals surface area contributed by atoms with Crippen LogP contribution in [-0.2, 0) is 6.54 Å². The molecule has 1 aromatic rings. The van der Waals surface area contributed by atoms with Gasteiger partial charge in [-0.15, -0.1) is 11.3 Å². The van der Waals surface area contributed by atoms with Crippen molar-refractivity contribution >= 4 is 11.3 Å². The van der Waals surface area contributed by atoms with E-state index < -0.39 is 0 Å². The molecule has 0 saturated heterocycles. The lowest BCUT2D eigenvalue weighted by molar-refractivity contribution is 0.0938. The maximum absolute atomic E-state index is 6.15. The Balaban J connectivity index is 2.09. The van der Waals surface area contributed by atoms with Crippen molar-refractivity contribution in [2.75, 3.05) is 13.1 Å². The molecule has 1 heterocycles. The molecule has 0 aromatic carbocycles. The minimum absolute atomic E-state index is 0.263. The van der Waals surface area contributed by atoms with Crippen molar-refractivity contribution in [2.45, 2.75) is 51.6 Å². The zero-order chi connectivity index (χ0) is 13.0. The molecule has 0 aliphatic heterocycles. The van der Waals surface area contributed by atoms with Gasteiger partial charge in [-0.1, -0.05) is 26.3 Å². The first-order valence-corrected chi connectivity index (χ1v) is 8.09. The second-order valence-corrected chi connectivity index (χ2v) is 6.57. The zero-order valence-corrected chi connectivity index (χ0v) is 12.5. The van der Waals surface area contributed by atoms with Gasteiger partial charge in [0.2, 0.25) is 0 Å². The highest BCUT2D eigenvalue weighted by Gasteiger charge is 2.41. The maximum Gasteiger partial charge on any atom is 0.0338 e. The van der Waals surface area contributed by atoms with Crippen LogP contribution in [0.5, 0.6) is 0 Å². The highest BCUT2D eigenvalue weighted by molar-refractivity contribution is 7.09. The molecule has 1 aliphatic rings. The standard InChI is InChI=1S/C15H26N2S/c1-3-13-7-8-15(10-13,12-16)17(4-2)11-14-6-5-9-18-14/h5-6,9,13H,3-4,7-8,10-12,16H2,1-2H3. The van der Waals surface area contributed by atoms with Crippen LogP contribution < -0.4 is 5.73 Å². The van der Waals surface area contributed by atoms with Crippen LogP contribution >= 0.6 is 11.3 Å². The van der Waals surface area contributed by atoms with Gasteiger partial charge in [0, 0.05) is 23.5 Å². The van der Waals surface area contributed by atoms with E-state index in [1.165, 1.54) is 30.6 Å². The largest absolute Gasteiger partial charge is 0.329 e. The molecule has 2 unspecified atom stereocenters. The Hall–Kier alpha value is -0.380. The summed E-state index contributed by atoms with van der Waals surface area (Å²) in [6.07, 6.45) is 5.23. The Morgan fingerprint density at radius 3 is 2.83 bits per heavy atom. The molecule has 18 heavy (non-hydrogen) atoms. The van der Waals surface area contributed by atoms with Crippen molar-refractivity contribution in [2.24, 2.45) is 11.7 Å². The molecule has 2 rings (SSSR count). The first-order chi connectivity index (χ1) is 8.74. The van der Waals surface area contributed by atoms with Crippen LogP contribution in [0.25, 0.3) is 0 Å². The number of hydrogen-bond acceptors (Lipinski definition) is 3. The van der Waals surface area contributed by atoms with Gasteiger partial charge < -0.3 is 5.73 Å². The molecule has 2 N–H and O–H groups in total. The third kappa shape index (κ3) is 2.79. The smallest absolute Gasteiger partial charge is 0.0338 e. The van der Waals surface area contributed by atoms with Gasteiger partial charge in [-0.25, -0.2) is 0 Å². The Kier molecular flexibility index (Phi) is 4.82. The average molecular weight is 266 g/mol. The van der Waals surface area contributed by atoms with Gasteiger partial charge in [0.25, 0.3) is 0 Å². The Bertz CT molecular complexity index is 349. The topological polar surface area (TPSA) is 29.3 Å². The average Bonchev–Trinajstić information content (AvgIpc) is 3.05. The van der Waals surface area contributed by atoms with Crippen molar-refractivity contribution < 1.29 is 0 Å². The highest BCUT2D eigenvalue weighted by atomic mass is 32.1. The fourth-order valence-electron chi connectivity index (χ4n) is 3.37. The second-order valence-electron chi connectivity index (χ2n) is 5.54. The molecular weight excluding hydrogens is 240 g/mol. The summed E-state index contributed by atoms with van der Waals surface area (Å²) < 4.78 is 0. The van der Waals surface area contributed by atoms with Gasteiger partial charge in [0.1, 0.15) is 0 Å². The lowest BCUT2D eigenvalue weighted by Gasteiger charge is -2.40. The van der Waals surface area contributed by atoms with Crippen LogP contribution in [0.2, 0.25) is 0 Å². The fraction of sp³-hybridized carbons (Fsp3) is 0.733. The molecular formula is C15H26N2S. The van der Waals surface area contributed by atoms with E-state index in [2.05, 4.69) is 36.3 Å². The molecule has 0 amide bonds. The van der Waals surface area contributed by atoms with E-state index in [1.54, 1.807) is 0 Å². The van der Waals surface area contributed by atoms with Crippen LogP contribution in [0.4, 0.5) is 0 Å². The summed E-state index contributed by atoms with van der Waals surface area (Å²) in [6, 6.07) is 4.39. The van der Waals surface area contributed by atoms with Gasteiger partial charge in [-0.3, -0.25) is 4.90 Å². The van der Waals surface area contributed by atoms with Crippen LogP contribution in [0.1, 0.15) is 44.4 Å². The van der Waals surface area contributed by atoms with E-state index in [0.717, 1.165) is 25.6 Å². The van der Waals surface area contributed by atoms with Crippen molar-refractivity contribution in [3.05, 3.63) is 22.4 Å². The normalized spacial score (nSPS) is 28.1. The molecule has 1 aliphatic carbocycles. The lowest BCUT2D eigenvalue weighted by Crippen LogP contribution is -2.51. The van der Waals surface area contributed by atoms with Crippen LogP contribution in [0.3, 0.4) is 0 Å². The number of rotatable bonds is 6. The monoisotopic (exact) mass is 266 g/mol. The van der Waals surface area contributed by atoms with E-state index in [4.69, 9.17) is 5.73 Å². The first kappa shape index (κ1) is 14.0. The van der Waals surface area contributed by atoms with Crippen molar-refractivity contribution in [1.82, 2.24) is 4.90 Å². The Labute approximate surface area is 115 Å². The van der Waals surface area contributed by atoms with Crippen LogP contribution in [0.15, 0.2) is 17.5 Å². The molecule has 2 atom stereocenters. The summed E-state index contributed by atoms with van der Waals surface area (Å²) in [7, 11) is 0. The van der Waals surface area contributed by atoms with E-state index >= 15 is 0 Å². The predicted octanol–water partition coefficient (Wildman–Crippen LogP) is 3.48. The van der Waals surface area contributed by atoms with Gasteiger partial charge in [0.15, 0.2) is 0 Å². The van der Waals surface area contributed by atoms with Crippen molar-refractivity contribution in [3.8, 4) is 0 Å². The summed E-state index contributed by atoms with van der Waals surface area (Å²) in [5.74, 6) is 0.880. The maximum atomic E-state index is 6.15. The predicted molar refractivity (Wildman–Crippen MR) is 79.8 cm³/mol. The summed E-state index contributed by atoms with van der Waals surface area (Å²) >= 11 is 1.86. The molecule has 0 spiro atoms. The molecule has 2 nitrogen and oxygen atoms in total. The zero-order valence-electron chi connectivity index (χ0n) is 11.7. The second kappa shape index (κ2) is 6.18. The van der Waals surface area contributed by atoms with Gasteiger partial charge in [-0.2, -0.15) is 0 Å². The fourth-order valence-corrected chi connectivity index (χ4v) is 4.09. The van der Waals surface area contributed by atoms with Crippen molar-refractivity contribution in [1.29, 1.82) is 0 Å². The summed E-state index contributed by atoms with van der Waals surface area (Å²) in [5, 5.41) is 2.17. The molecule has 102 valence electrons. The van der Waals surface area contributed by atoms with E-state index in [1.807, 2.05) is 11.3 Å². The third-order valence-electron chi connectivity index (χ3n) is 4.62. The Morgan fingerprint density at radius 2 is 2.33 bits per heavy atom. The van der Waals surface area contributed by atoms with E-state index in [-0.39, 0.29) is 5.54 Å². The molecule has 1 fully saturated rings.